The second kappa shape index (κ2) is 24.9. The zero-order chi connectivity index (χ0) is 28.4. The second-order valence-electron chi connectivity index (χ2n) is 10.5. The van der Waals surface area contributed by atoms with Gasteiger partial charge in [-0.15, -0.1) is 0 Å². The first-order valence-electron chi connectivity index (χ1n) is 14.9. The van der Waals surface area contributed by atoms with Crippen molar-refractivity contribution < 1.29 is 24.3 Å². The van der Waals surface area contributed by atoms with Gasteiger partial charge in [0.15, 0.2) is 5.78 Å². The average Bonchev–Trinajstić information content (AvgIpc) is 2.88. The predicted octanol–water partition coefficient (Wildman–Crippen LogP) is 7.46. The number of hydrogen-bond acceptors (Lipinski definition) is 5. The van der Waals surface area contributed by atoms with Crippen molar-refractivity contribution in [3.63, 3.8) is 0 Å². The number of hydrogen-bond donors (Lipinski definition) is 2. The molecule has 0 fully saturated rings. The van der Waals surface area contributed by atoms with Crippen LogP contribution in [0.5, 0.6) is 0 Å². The van der Waals surface area contributed by atoms with Crippen molar-refractivity contribution in [2.75, 3.05) is 6.54 Å². The molecule has 0 aliphatic carbocycles. The summed E-state index contributed by atoms with van der Waals surface area (Å²) in [5.74, 6) is -2.60. The van der Waals surface area contributed by atoms with Gasteiger partial charge in [0.05, 0.1) is 12.0 Å². The molecule has 38 heavy (non-hydrogen) atoms. The maximum Gasteiger partial charge on any atom is 0.306 e. The number of Topliss-reactive ketones (excluding diaryl/α,β-unsaturated/α-hetero) is 2. The SMILES string of the molecule is CCCCCCCCCCCCCCCC(=O)C[C@@H](CCC(=O)N[C@@H](CCCCN=[N+]=[N-])C(C)=O)C(=O)O. The van der Waals surface area contributed by atoms with Gasteiger partial charge in [-0.1, -0.05) is 95.5 Å². The first-order valence-corrected chi connectivity index (χ1v) is 14.9. The maximum absolute atomic E-state index is 12.3. The van der Waals surface area contributed by atoms with E-state index in [1.54, 1.807) is 0 Å². The van der Waals surface area contributed by atoms with Crippen molar-refractivity contribution >= 4 is 23.4 Å². The molecule has 0 aromatic carbocycles. The fourth-order valence-corrected chi connectivity index (χ4v) is 4.55. The van der Waals surface area contributed by atoms with Crippen LogP contribution in [-0.2, 0) is 19.2 Å². The third kappa shape index (κ3) is 21.7. The number of aliphatic carboxylic acids is 1. The van der Waals surface area contributed by atoms with Crippen LogP contribution < -0.4 is 5.32 Å². The molecule has 0 bridgehead atoms. The summed E-state index contributed by atoms with van der Waals surface area (Å²) in [6.45, 7) is 3.97. The molecule has 9 nitrogen and oxygen atoms in total. The van der Waals surface area contributed by atoms with Crippen molar-refractivity contribution in [2.45, 2.75) is 148 Å². The monoisotopic (exact) mass is 536 g/mol. The molecule has 1 amide bonds. The Kier molecular flexibility index (Phi) is 23.3. The van der Waals surface area contributed by atoms with Crippen molar-refractivity contribution in [3.05, 3.63) is 10.4 Å². The summed E-state index contributed by atoms with van der Waals surface area (Å²) in [4.78, 5) is 50.8. The Morgan fingerprint density at radius 2 is 1.34 bits per heavy atom. The molecule has 0 aromatic heterocycles. The van der Waals surface area contributed by atoms with Crippen molar-refractivity contribution in [2.24, 2.45) is 11.0 Å². The largest absolute Gasteiger partial charge is 0.481 e. The minimum absolute atomic E-state index is 0.0501. The van der Waals surface area contributed by atoms with E-state index in [0.717, 1.165) is 19.3 Å². The molecule has 0 unspecified atom stereocenters. The number of carboxylic acids is 1. The molecule has 0 radical (unpaired) electrons. The highest BCUT2D eigenvalue weighted by Gasteiger charge is 2.23. The molecule has 0 saturated heterocycles. The normalized spacial score (nSPS) is 12.4. The van der Waals surface area contributed by atoms with Crippen LogP contribution in [0.15, 0.2) is 5.11 Å². The van der Waals surface area contributed by atoms with Gasteiger partial charge in [-0.2, -0.15) is 0 Å². The van der Waals surface area contributed by atoms with E-state index < -0.39 is 23.8 Å². The van der Waals surface area contributed by atoms with Crippen LogP contribution in [0.1, 0.15) is 142 Å². The molecule has 0 spiro atoms. The van der Waals surface area contributed by atoms with E-state index in [0.29, 0.717) is 32.2 Å². The molecule has 0 heterocycles. The Bertz CT molecular complexity index is 722. The van der Waals surface area contributed by atoms with Crippen LogP contribution in [0.25, 0.3) is 10.4 Å². The lowest BCUT2D eigenvalue weighted by atomic mass is 9.94. The molecule has 2 atom stereocenters. The number of carboxylic acid groups (broad SMARTS) is 1. The number of nitrogens with one attached hydrogen (secondary N) is 1. The standard InChI is InChI=1S/C29H52N4O5/c1-3-4-5-6-7-8-9-10-11-12-13-14-15-18-26(35)23-25(29(37)38)20-21-28(36)32-27(24(2)34)19-16-17-22-31-33-30/h25,27H,3-23H2,1-2H3,(H,32,36)(H,37,38)/t25-,27+/m1/s1. The van der Waals surface area contributed by atoms with Gasteiger partial charge in [0.25, 0.3) is 0 Å². The van der Waals surface area contributed by atoms with Crippen molar-refractivity contribution in [1.82, 2.24) is 5.32 Å². The van der Waals surface area contributed by atoms with E-state index >= 15 is 0 Å². The van der Waals surface area contributed by atoms with Gasteiger partial charge in [0, 0.05) is 30.7 Å². The van der Waals surface area contributed by atoms with E-state index in [9.17, 15) is 24.3 Å². The van der Waals surface area contributed by atoms with Gasteiger partial charge in [0.2, 0.25) is 5.91 Å². The number of amides is 1. The van der Waals surface area contributed by atoms with Crippen LogP contribution in [0.2, 0.25) is 0 Å². The molecule has 0 aliphatic heterocycles. The fraction of sp³-hybridized carbons (Fsp3) is 0.862. The highest BCUT2D eigenvalue weighted by Crippen LogP contribution is 2.17. The molecule has 9 heteroatoms. The molecule has 218 valence electrons. The van der Waals surface area contributed by atoms with Gasteiger partial charge in [-0.25, -0.2) is 0 Å². The quantitative estimate of drug-likeness (QED) is 0.0483. The predicted molar refractivity (Wildman–Crippen MR) is 151 cm³/mol. The van der Waals surface area contributed by atoms with Crippen LogP contribution in [0.3, 0.4) is 0 Å². The number of ketones is 2. The molecule has 0 aliphatic rings. The third-order valence-corrected chi connectivity index (χ3v) is 6.99. The van der Waals surface area contributed by atoms with Crippen molar-refractivity contribution in [1.29, 1.82) is 0 Å². The number of unbranched alkanes of at least 4 members (excludes halogenated alkanes) is 13. The van der Waals surface area contributed by atoms with Crippen LogP contribution in [0, 0.1) is 5.92 Å². The Labute approximate surface area is 229 Å². The van der Waals surface area contributed by atoms with E-state index in [-0.39, 0.29) is 30.8 Å². The Morgan fingerprint density at radius 3 is 1.84 bits per heavy atom. The highest BCUT2D eigenvalue weighted by molar-refractivity contribution is 5.88. The van der Waals surface area contributed by atoms with Crippen LogP contribution in [0.4, 0.5) is 0 Å². The van der Waals surface area contributed by atoms with Gasteiger partial charge in [0.1, 0.15) is 5.78 Å². The first-order chi connectivity index (χ1) is 18.3. The van der Waals surface area contributed by atoms with Crippen LogP contribution >= 0.6 is 0 Å². The van der Waals surface area contributed by atoms with E-state index in [4.69, 9.17) is 5.53 Å². The number of rotatable bonds is 27. The van der Waals surface area contributed by atoms with Crippen LogP contribution in [-0.4, -0.2) is 41.1 Å². The Balaban J connectivity index is 4.05. The number of carbonyl (C=O) groups excluding carboxylic acids is 3. The smallest absolute Gasteiger partial charge is 0.306 e. The topological polar surface area (TPSA) is 149 Å². The zero-order valence-corrected chi connectivity index (χ0v) is 23.9. The van der Waals surface area contributed by atoms with E-state index in [1.807, 2.05) is 0 Å². The van der Waals surface area contributed by atoms with Gasteiger partial charge < -0.3 is 10.4 Å². The highest BCUT2D eigenvalue weighted by atomic mass is 16.4. The molecule has 2 N–H and O–H groups in total. The summed E-state index contributed by atoms with van der Waals surface area (Å²) in [5, 5.41) is 15.6. The summed E-state index contributed by atoms with van der Waals surface area (Å²) in [5.41, 5.74) is 8.29. The van der Waals surface area contributed by atoms with E-state index in [1.165, 1.54) is 71.1 Å². The van der Waals surface area contributed by atoms with Gasteiger partial charge >= 0.3 is 5.97 Å². The summed E-state index contributed by atoms with van der Waals surface area (Å²) in [7, 11) is 0. The summed E-state index contributed by atoms with van der Waals surface area (Å²) in [6.07, 6.45) is 18.0. The lowest BCUT2D eigenvalue weighted by Crippen LogP contribution is -2.40. The lowest BCUT2D eigenvalue weighted by molar-refractivity contribution is -0.144. The molecular formula is C29H52N4O5. The summed E-state index contributed by atoms with van der Waals surface area (Å²) >= 11 is 0. The van der Waals surface area contributed by atoms with Gasteiger partial charge in [-0.05, 0) is 38.1 Å². The maximum atomic E-state index is 12.3. The fourth-order valence-electron chi connectivity index (χ4n) is 4.55. The average molecular weight is 537 g/mol. The minimum Gasteiger partial charge on any atom is -0.481 e. The number of carbonyl (C=O) groups is 4. The van der Waals surface area contributed by atoms with E-state index in [2.05, 4.69) is 22.3 Å². The molecule has 0 saturated carbocycles. The van der Waals surface area contributed by atoms with Crippen molar-refractivity contribution in [3.8, 4) is 0 Å². The third-order valence-electron chi connectivity index (χ3n) is 6.99. The second-order valence-corrected chi connectivity index (χ2v) is 10.5. The first kappa shape index (κ1) is 35.6. The zero-order valence-electron chi connectivity index (χ0n) is 23.9. The summed E-state index contributed by atoms with van der Waals surface area (Å²) < 4.78 is 0. The number of azide groups is 1. The summed E-state index contributed by atoms with van der Waals surface area (Å²) in [6, 6.07) is -0.644. The Hall–Kier alpha value is -2.41. The minimum atomic E-state index is -1.07. The number of nitrogens with zero attached hydrogens (tertiary/aromatic N) is 3. The molecule has 0 aromatic rings. The Morgan fingerprint density at radius 1 is 0.789 bits per heavy atom. The molecule has 0 rings (SSSR count). The van der Waals surface area contributed by atoms with Gasteiger partial charge in [-0.3, -0.25) is 19.2 Å². The lowest BCUT2D eigenvalue weighted by Gasteiger charge is -2.17. The molecular weight excluding hydrogens is 484 g/mol.